The minimum absolute atomic E-state index is 0.630. The summed E-state index contributed by atoms with van der Waals surface area (Å²) in [7, 11) is 3.96. The number of aryl methyl sites for hydroxylation is 2. The standard InChI is InChI=1S/C12H22ClN3/c1-5-10-12(13)11(16(4)15-10)8-9(2)6-7-14-3/h9,14H,5-8H2,1-4H3. The highest BCUT2D eigenvalue weighted by Crippen LogP contribution is 2.24. The minimum atomic E-state index is 0.630. The molecule has 1 unspecified atom stereocenters. The molecule has 0 aromatic carbocycles. The zero-order chi connectivity index (χ0) is 12.1. The normalized spacial score (nSPS) is 13.1. The maximum atomic E-state index is 6.31. The fourth-order valence-electron chi connectivity index (χ4n) is 1.86. The van der Waals surface area contributed by atoms with Crippen LogP contribution in [0, 0.1) is 5.92 Å². The molecule has 0 aliphatic rings. The first-order valence-corrected chi connectivity index (χ1v) is 6.32. The van der Waals surface area contributed by atoms with Crippen molar-refractivity contribution in [1.82, 2.24) is 15.1 Å². The second-order valence-electron chi connectivity index (χ2n) is 4.39. The average molecular weight is 244 g/mol. The third-order valence-electron chi connectivity index (χ3n) is 2.93. The second kappa shape index (κ2) is 6.26. The third kappa shape index (κ3) is 3.22. The molecule has 0 spiro atoms. The zero-order valence-electron chi connectivity index (χ0n) is 10.7. The summed E-state index contributed by atoms with van der Waals surface area (Å²) in [6, 6.07) is 0. The van der Waals surface area contributed by atoms with Crippen LogP contribution in [0.2, 0.25) is 5.02 Å². The number of aromatic nitrogens is 2. The van der Waals surface area contributed by atoms with Gasteiger partial charge in [-0.15, -0.1) is 0 Å². The van der Waals surface area contributed by atoms with Crippen LogP contribution in [0.3, 0.4) is 0 Å². The Hall–Kier alpha value is -0.540. The second-order valence-corrected chi connectivity index (χ2v) is 4.76. The molecule has 0 aliphatic carbocycles. The number of nitrogens with one attached hydrogen (secondary N) is 1. The van der Waals surface area contributed by atoms with Crippen LogP contribution < -0.4 is 5.32 Å². The predicted octanol–water partition coefficient (Wildman–Crippen LogP) is 2.42. The molecule has 3 nitrogen and oxygen atoms in total. The van der Waals surface area contributed by atoms with Gasteiger partial charge in [-0.25, -0.2) is 0 Å². The molecule has 16 heavy (non-hydrogen) atoms. The monoisotopic (exact) mass is 243 g/mol. The molecule has 1 rings (SSSR count). The molecule has 0 amide bonds. The van der Waals surface area contributed by atoms with Gasteiger partial charge in [0.1, 0.15) is 0 Å². The molecule has 1 N–H and O–H groups in total. The van der Waals surface area contributed by atoms with E-state index in [1.165, 1.54) is 12.1 Å². The van der Waals surface area contributed by atoms with Crippen molar-refractivity contribution in [2.24, 2.45) is 13.0 Å². The van der Waals surface area contributed by atoms with Crippen LogP contribution in [0.15, 0.2) is 0 Å². The number of rotatable bonds is 6. The maximum Gasteiger partial charge on any atom is 0.0849 e. The summed E-state index contributed by atoms with van der Waals surface area (Å²) in [5.74, 6) is 0.630. The first-order chi connectivity index (χ1) is 7.60. The maximum absolute atomic E-state index is 6.31. The summed E-state index contributed by atoms with van der Waals surface area (Å²) in [4.78, 5) is 0. The fraction of sp³-hybridized carbons (Fsp3) is 0.750. The van der Waals surface area contributed by atoms with Crippen LogP contribution in [-0.2, 0) is 19.9 Å². The first-order valence-electron chi connectivity index (χ1n) is 5.95. The van der Waals surface area contributed by atoms with E-state index in [1.807, 2.05) is 18.8 Å². The Morgan fingerprint density at radius 3 is 2.69 bits per heavy atom. The highest BCUT2D eigenvalue weighted by molar-refractivity contribution is 6.31. The molecule has 0 saturated carbocycles. The van der Waals surface area contributed by atoms with Crippen LogP contribution in [0.4, 0.5) is 0 Å². The van der Waals surface area contributed by atoms with E-state index >= 15 is 0 Å². The average Bonchev–Trinajstić information content (AvgIpc) is 2.53. The molecule has 0 aliphatic heterocycles. The van der Waals surface area contributed by atoms with Crippen molar-refractivity contribution in [2.45, 2.75) is 33.1 Å². The van der Waals surface area contributed by atoms with Crippen LogP contribution in [-0.4, -0.2) is 23.4 Å². The predicted molar refractivity (Wildman–Crippen MR) is 69.0 cm³/mol. The lowest BCUT2D eigenvalue weighted by Crippen LogP contribution is -2.14. The van der Waals surface area contributed by atoms with E-state index in [-0.39, 0.29) is 0 Å². The van der Waals surface area contributed by atoms with Crippen molar-refractivity contribution in [2.75, 3.05) is 13.6 Å². The van der Waals surface area contributed by atoms with Gasteiger partial charge in [0.15, 0.2) is 0 Å². The van der Waals surface area contributed by atoms with Gasteiger partial charge in [-0.2, -0.15) is 5.10 Å². The molecule has 1 aromatic rings. The number of nitrogens with zero attached hydrogens (tertiary/aromatic N) is 2. The first kappa shape index (κ1) is 13.5. The van der Waals surface area contributed by atoms with Crippen LogP contribution in [0.5, 0.6) is 0 Å². The summed E-state index contributed by atoms with van der Waals surface area (Å²) < 4.78 is 1.93. The van der Waals surface area contributed by atoms with Gasteiger partial charge < -0.3 is 5.32 Å². The van der Waals surface area contributed by atoms with Gasteiger partial charge in [0.2, 0.25) is 0 Å². The van der Waals surface area contributed by atoms with Gasteiger partial charge in [-0.1, -0.05) is 25.4 Å². The highest BCUT2D eigenvalue weighted by atomic mass is 35.5. The van der Waals surface area contributed by atoms with E-state index in [1.54, 1.807) is 0 Å². The van der Waals surface area contributed by atoms with E-state index in [0.29, 0.717) is 5.92 Å². The van der Waals surface area contributed by atoms with Gasteiger partial charge in [-0.05, 0) is 38.8 Å². The summed E-state index contributed by atoms with van der Waals surface area (Å²) in [6.45, 7) is 5.39. The Morgan fingerprint density at radius 1 is 1.50 bits per heavy atom. The molecule has 1 atom stereocenters. The molecule has 0 saturated heterocycles. The molecule has 1 aromatic heterocycles. The van der Waals surface area contributed by atoms with Crippen molar-refractivity contribution in [3.05, 3.63) is 16.4 Å². The van der Waals surface area contributed by atoms with E-state index in [0.717, 1.165) is 30.1 Å². The quantitative estimate of drug-likeness (QED) is 0.832. The summed E-state index contributed by atoms with van der Waals surface area (Å²) in [5.41, 5.74) is 2.18. The van der Waals surface area contributed by atoms with Crippen molar-refractivity contribution < 1.29 is 0 Å². The molecule has 0 bridgehead atoms. The van der Waals surface area contributed by atoms with Gasteiger partial charge in [0.05, 0.1) is 16.4 Å². The zero-order valence-corrected chi connectivity index (χ0v) is 11.4. The Morgan fingerprint density at radius 2 is 2.19 bits per heavy atom. The van der Waals surface area contributed by atoms with Crippen LogP contribution in [0.25, 0.3) is 0 Å². The summed E-state index contributed by atoms with van der Waals surface area (Å²) in [5, 5.41) is 8.47. The molecule has 1 heterocycles. The Balaban J connectivity index is 2.69. The lowest BCUT2D eigenvalue weighted by atomic mass is 10.0. The van der Waals surface area contributed by atoms with Crippen molar-refractivity contribution in [1.29, 1.82) is 0 Å². The van der Waals surface area contributed by atoms with E-state index < -0.39 is 0 Å². The van der Waals surface area contributed by atoms with Gasteiger partial charge >= 0.3 is 0 Å². The Labute approximate surface area is 103 Å². The van der Waals surface area contributed by atoms with Crippen molar-refractivity contribution in [3.63, 3.8) is 0 Å². The smallest absolute Gasteiger partial charge is 0.0849 e. The molecule has 4 heteroatoms. The Bertz CT molecular complexity index is 333. The van der Waals surface area contributed by atoms with Gasteiger partial charge in [0, 0.05) is 7.05 Å². The van der Waals surface area contributed by atoms with Gasteiger partial charge in [0.25, 0.3) is 0 Å². The lowest BCUT2D eigenvalue weighted by Gasteiger charge is -2.11. The van der Waals surface area contributed by atoms with Crippen LogP contribution in [0.1, 0.15) is 31.7 Å². The van der Waals surface area contributed by atoms with E-state index in [9.17, 15) is 0 Å². The molecular weight excluding hydrogens is 222 g/mol. The number of hydrogen-bond donors (Lipinski definition) is 1. The fourth-order valence-corrected chi connectivity index (χ4v) is 2.24. The van der Waals surface area contributed by atoms with E-state index in [2.05, 4.69) is 24.3 Å². The topological polar surface area (TPSA) is 29.9 Å². The number of hydrogen-bond acceptors (Lipinski definition) is 2. The molecule has 0 radical (unpaired) electrons. The lowest BCUT2D eigenvalue weighted by molar-refractivity contribution is 0.497. The SMILES string of the molecule is CCc1nn(C)c(CC(C)CCNC)c1Cl. The summed E-state index contributed by atoms with van der Waals surface area (Å²) >= 11 is 6.31. The molecule has 92 valence electrons. The van der Waals surface area contributed by atoms with Crippen molar-refractivity contribution >= 4 is 11.6 Å². The third-order valence-corrected chi connectivity index (χ3v) is 3.37. The largest absolute Gasteiger partial charge is 0.320 e. The Kier molecular flexibility index (Phi) is 5.29. The molecular formula is C12H22ClN3. The van der Waals surface area contributed by atoms with Crippen LogP contribution >= 0.6 is 11.6 Å². The van der Waals surface area contributed by atoms with Crippen molar-refractivity contribution in [3.8, 4) is 0 Å². The minimum Gasteiger partial charge on any atom is -0.320 e. The number of halogens is 1. The van der Waals surface area contributed by atoms with E-state index in [4.69, 9.17) is 11.6 Å². The summed E-state index contributed by atoms with van der Waals surface area (Å²) in [6.07, 6.45) is 3.07. The molecule has 0 fully saturated rings. The highest BCUT2D eigenvalue weighted by Gasteiger charge is 2.15. The van der Waals surface area contributed by atoms with Gasteiger partial charge in [-0.3, -0.25) is 4.68 Å².